The second kappa shape index (κ2) is 9.35. The molecule has 1 aliphatic heterocycles. The zero-order chi connectivity index (χ0) is 19.2. The summed E-state index contributed by atoms with van der Waals surface area (Å²) in [6.07, 6.45) is 0.511. The van der Waals surface area contributed by atoms with Crippen LogP contribution in [0.5, 0.6) is 0 Å². The molecule has 1 aromatic heterocycles. The second-order valence-corrected chi connectivity index (χ2v) is 7.29. The van der Waals surface area contributed by atoms with Gasteiger partial charge in [-0.2, -0.15) is 5.10 Å². The van der Waals surface area contributed by atoms with E-state index in [9.17, 15) is 4.79 Å². The molecular weight excluding hydrogens is 364 g/mol. The van der Waals surface area contributed by atoms with Crippen LogP contribution < -0.4 is 5.32 Å². The summed E-state index contributed by atoms with van der Waals surface area (Å²) in [5.74, 6) is 0.192. The number of hydrogen-bond acceptors (Lipinski definition) is 4. The van der Waals surface area contributed by atoms with Crippen molar-refractivity contribution in [3.63, 3.8) is 0 Å². The Kier molecular flexibility index (Phi) is 6.88. The quantitative estimate of drug-likeness (QED) is 0.738. The van der Waals surface area contributed by atoms with Gasteiger partial charge in [-0.3, -0.25) is 9.48 Å². The van der Waals surface area contributed by atoms with E-state index in [0.717, 1.165) is 23.0 Å². The molecule has 0 bridgehead atoms. The number of benzene rings is 1. The van der Waals surface area contributed by atoms with Gasteiger partial charge in [-0.1, -0.05) is 23.7 Å². The van der Waals surface area contributed by atoms with E-state index in [1.54, 1.807) is 0 Å². The molecule has 27 heavy (non-hydrogen) atoms. The molecule has 3 rings (SSSR count). The monoisotopic (exact) mass is 390 g/mol. The Morgan fingerprint density at radius 2 is 1.93 bits per heavy atom. The Hall–Kier alpha value is -1.89. The number of rotatable bonds is 7. The minimum atomic E-state index is 0.192. The molecule has 0 unspecified atom stereocenters. The summed E-state index contributed by atoms with van der Waals surface area (Å²) in [6.45, 7) is 8.91. The fraction of sp³-hybridized carbons (Fsp3) is 0.500. The summed E-state index contributed by atoms with van der Waals surface area (Å²) >= 11 is 5.95. The van der Waals surface area contributed by atoms with Crippen molar-refractivity contribution in [3.05, 3.63) is 51.8 Å². The molecule has 0 saturated carbocycles. The van der Waals surface area contributed by atoms with Crippen LogP contribution in [-0.4, -0.2) is 53.4 Å². The average Bonchev–Trinajstić information content (AvgIpc) is 2.94. The number of amides is 1. The molecule has 0 atom stereocenters. The van der Waals surface area contributed by atoms with Gasteiger partial charge in [-0.05, 0) is 31.5 Å². The van der Waals surface area contributed by atoms with Crippen molar-refractivity contribution >= 4 is 17.5 Å². The highest BCUT2D eigenvalue weighted by atomic mass is 35.5. The van der Waals surface area contributed by atoms with Crippen LogP contribution in [0.2, 0.25) is 5.02 Å². The summed E-state index contributed by atoms with van der Waals surface area (Å²) in [6, 6.07) is 7.84. The lowest BCUT2D eigenvalue weighted by Crippen LogP contribution is -2.41. The molecule has 1 aromatic carbocycles. The van der Waals surface area contributed by atoms with Gasteiger partial charge in [0.1, 0.15) is 0 Å². The molecule has 1 aliphatic rings. The lowest BCUT2D eigenvalue weighted by Gasteiger charge is -2.26. The third-order valence-electron chi connectivity index (χ3n) is 4.96. The number of ether oxygens (including phenoxy) is 1. The van der Waals surface area contributed by atoms with Crippen molar-refractivity contribution in [1.82, 2.24) is 20.0 Å². The van der Waals surface area contributed by atoms with E-state index < -0.39 is 0 Å². The van der Waals surface area contributed by atoms with Crippen molar-refractivity contribution in [2.24, 2.45) is 0 Å². The number of nitrogens with zero attached hydrogens (tertiary/aromatic N) is 3. The van der Waals surface area contributed by atoms with Crippen molar-refractivity contribution in [2.75, 3.05) is 32.8 Å². The highest BCUT2D eigenvalue weighted by Gasteiger charge is 2.16. The van der Waals surface area contributed by atoms with Crippen LogP contribution in [0, 0.1) is 13.8 Å². The lowest BCUT2D eigenvalue weighted by atomic mass is 10.2. The lowest BCUT2D eigenvalue weighted by molar-refractivity contribution is -0.135. The zero-order valence-electron chi connectivity index (χ0n) is 16.0. The first-order valence-corrected chi connectivity index (χ1v) is 9.76. The Morgan fingerprint density at radius 3 is 2.63 bits per heavy atom. The average molecular weight is 391 g/mol. The van der Waals surface area contributed by atoms with Gasteiger partial charge in [0.25, 0.3) is 0 Å². The van der Waals surface area contributed by atoms with E-state index in [-0.39, 0.29) is 5.91 Å². The summed E-state index contributed by atoms with van der Waals surface area (Å²) in [5, 5.41) is 8.80. The SMILES string of the molecule is Cc1nn(Cc2ccc(Cl)cc2)c(C)c1CNCCC(=O)N1CCOCC1. The fourth-order valence-electron chi connectivity index (χ4n) is 3.29. The normalized spacial score (nSPS) is 14.6. The summed E-state index contributed by atoms with van der Waals surface area (Å²) in [7, 11) is 0. The largest absolute Gasteiger partial charge is 0.378 e. The van der Waals surface area contributed by atoms with Gasteiger partial charge in [-0.25, -0.2) is 0 Å². The Balaban J connectivity index is 1.50. The molecular formula is C20H27ClN4O2. The van der Waals surface area contributed by atoms with Crippen molar-refractivity contribution < 1.29 is 9.53 Å². The van der Waals surface area contributed by atoms with Crippen LogP contribution in [0.1, 0.15) is 28.9 Å². The van der Waals surface area contributed by atoms with Crippen LogP contribution in [0.3, 0.4) is 0 Å². The number of morpholine rings is 1. The number of aromatic nitrogens is 2. The van der Waals surface area contributed by atoms with Crippen LogP contribution in [-0.2, 0) is 22.6 Å². The van der Waals surface area contributed by atoms with E-state index in [0.29, 0.717) is 45.8 Å². The first kappa shape index (κ1) is 19.9. The predicted octanol–water partition coefficient (Wildman–Crippen LogP) is 2.54. The third kappa shape index (κ3) is 5.31. The Bertz CT molecular complexity index is 767. The molecule has 6 nitrogen and oxygen atoms in total. The topological polar surface area (TPSA) is 59.4 Å². The zero-order valence-corrected chi connectivity index (χ0v) is 16.8. The Morgan fingerprint density at radius 1 is 1.22 bits per heavy atom. The van der Waals surface area contributed by atoms with Gasteiger partial charge in [0.15, 0.2) is 0 Å². The maximum Gasteiger partial charge on any atom is 0.224 e. The van der Waals surface area contributed by atoms with Crippen LogP contribution in [0.15, 0.2) is 24.3 Å². The first-order chi connectivity index (χ1) is 13.0. The predicted molar refractivity (Wildman–Crippen MR) is 106 cm³/mol. The van der Waals surface area contributed by atoms with Crippen molar-refractivity contribution in [1.29, 1.82) is 0 Å². The highest BCUT2D eigenvalue weighted by molar-refractivity contribution is 6.30. The van der Waals surface area contributed by atoms with Crippen LogP contribution >= 0.6 is 11.6 Å². The second-order valence-electron chi connectivity index (χ2n) is 6.85. The van der Waals surface area contributed by atoms with Gasteiger partial charge in [0, 0.05) is 48.9 Å². The molecule has 0 spiro atoms. The van der Waals surface area contributed by atoms with E-state index in [4.69, 9.17) is 16.3 Å². The maximum atomic E-state index is 12.2. The van der Waals surface area contributed by atoms with E-state index in [1.807, 2.05) is 40.8 Å². The smallest absolute Gasteiger partial charge is 0.224 e. The molecule has 146 valence electrons. The van der Waals surface area contributed by atoms with Gasteiger partial charge >= 0.3 is 0 Å². The summed E-state index contributed by atoms with van der Waals surface area (Å²) in [4.78, 5) is 14.1. The third-order valence-corrected chi connectivity index (χ3v) is 5.21. The van der Waals surface area contributed by atoms with Crippen molar-refractivity contribution in [2.45, 2.75) is 33.4 Å². The number of hydrogen-bond donors (Lipinski definition) is 1. The molecule has 1 amide bonds. The number of nitrogens with one attached hydrogen (secondary N) is 1. The van der Waals surface area contributed by atoms with Crippen LogP contribution in [0.25, 0.3) is 0 Å². The number of carbonyl (C=O) groups excluding carboxylic acids is 1. The number of carbonyl (C=O) groups is 1. The minimum absolute atomic E-state index is 0.192. The summed E-state index contributed by atoms with van der Waals surface area (Å²) in [5.41, 5.74) is 4.53. The fourth-order valence-corrected chi connectivity index (χ4v) is 3.41. The summed E-state index contributed by atoms with van der Waals surface area (Å²) < 4.78 is 7.31. The molecule has 0 aliphatic carbocycles. The molecule has 7 heteroatoms. The van der Waals surface area contributed by atoms with E-state index in [2.05, 4.69) is 17.3 Å². The molecule has 1 N–H and O–H groups in total. The molecule has 2 heterocycles. The number of aryl methyl sites for hydroxylation is 1. The molecule has 0 radical (unpaired) electrons. The van der Waals surface area contributed by atoms with Crippen LogP contribution in [0.4, 0.5) is 0 Å². The van der Waals surface area contributed by atoms with Gasteiger partial charge in [-0.15, -0.1) is 0 Å². The van der Waals surface area contributed by atoms with Gasteiger partial charge in [0.05, 0.1) is 25.5 Å². The molecule has 1 saturated heterocycles. The standard InChI is InChI=1S/C20H27ClN4O2/c1-15-19(13-22-8-7-20(26)24-9-11-27-12-10-24)16(2)25(23-15)14-17-3-5-18(21)6-4-17/h3-6,22H,7-14H2,1-2H3. The maximum absolute atomic E-state index is 12.2. The minimum Gasteiger partial charge on any atom is -0.378 e. The van der Waals surface area contributed by atoms with Crippen molar-refractivity contribution in [3.8, 4) is 0 Å². The Labute approximate surface area is 165 Å². The van der Waals surface area contributed by atoms with Gasteiger partial charge in [0.2, 0.25) is 5.91 Å². The first-order valence-electron chi connectivity index (χ1n) is 9.38. The molecule has 2 aromatic rings. The highest BCUT2D eigenvalue weighted by Crippen LogP contribution is 2.16. The number of halogens is 1. The van der Waals surface area contributed by atoms with E-state index >= 15 is 0 Å². The van der Waals surface area contributed by atoms with Gasteiger partial charge < -0.3 is 15.0 Å². The molecule has 1 fully saturated rings. The van der Waals surface area contributed by atoms with E-state index in [1.165, 1.54) is 11.1 Å².